The molecule has 1 amide bonds. The quantitative estimate of drug-likeness (QED) is 0.783. The van der Waals surface area contributed by atoms with Crippen molar-refractivity contribution in [2.75, 3.05) is 37.3 Å². The molecule has 9 heteroatoms. The molecular formula is C17H19N3O4S2. The van der Waals surface area contributed by atoms with E-state index in [1.165, 1.54) is 30.1 Å². The number of aromatic nitrogens is 1. The van der Waals surface area contributed by atoms with Crippen molar-refractivity contribution in [3.05, 3.63) is 48.3 Å². The number of nitrogens with zero attached hydrogens (tertiary/aromatic N) is 2. The Morgan fingerprint density at radius 3 is 2.69 bits per heavy atom. The summed E-state index contributed by atoms with van der Waals surface area (Å²) in [5.74, 6) is -0.184. The first-order chi connectivity index (χ1) is 12.5. The van der Waals surface area contributed by atoms with Crippen LogP contribution in [0.4, 0.5) is 5.69 Å². The van der Waals surface area contributed by atoms with Crippen molar-refractivity contribution in [1.29, 1.82) is 0 Å². The van der Waals surface area contributed by atoms with Crippen LogP contribution in [0.1, 0.15) is 10.4 Å². The van der Waals surface area contributed by atoms with Crippen molar-refractivity contribution in [1.82, 2.24) is 9.88 Å². The summed E-state index contributed by atoms with van der Waals surface area (Å²) in [5, 5.41) is 0. The lowest BCUT2D eigenvalue weighted by Gasteiger charge is -2.27. The zero-order chi connectivity index (χ0) is 18.6. The molecule has 0 bridgehead atoms. The van der Waals surface area contributed by atoms with Crippen molar-refractivity contribution in [3.8, 4) is 0 Å². The lowest BCUT2D eigenvalue weighted by Crippen LogP contribution is -2.40. The maximum Gasteiger partial charge on any atom is 0.261 e. The van der Waals surface area contributed by atoms with Crippen molar-refractivity contribution in [2.45, 2.75) is 9.79 Å². The summed E-state index contributed by atoms with van der Waals surface area (Å²) in [7, 11) is -3.82. The molecule has 1 aromatic carbocycles. The van der Waals surface area contributed by atoms with Gasteiger partial charge in [-0.2, -0.15) is 0 Å². The highest BCUT2D eigenvalue weighted by Crippen LogP contribution is 2.26. The molecule has 1 N–H and O–H groups in total. The van der Waals surface area contributed by atoms with Gasteiger partial charge >= 0.3 is 0 Å². The number of amides is 1. The van der Waals surface area contributed by atoms with Gasteiger partial charge in [0, 0.05) is 24.2 Å². The number of carbonyl (C=O) groups excluding carboxylic acids is 1. The van der Waals surface area contributed by atoms with Crippen LogP contribution in [0.2, 0.25) is 0 Å². The molecule has 0 atom stereocenters. The molecule has 0 aliphatic carbocycles. The third-order valence-electron chi connectivity index (χ3n) is 3.92. The summed E-state index contributed by atoms with van der Waals surface area (Å²) in [5.41, 5.74) is 0.746. The first kappa shape index (κ1) is 18.7. The Kier molecular flexibility index (Phi) is 5.80. The molecule has 0 spiro atoms. The van der Waals surface area contributed by atoms with Gasteiger partial charge in [0.15, 0.2) is 0 Å². The van der Waals surface area contributed by atoms with Gasteiger partial charge in [0.1, 0.15) is 0 Å². The van der Waals surface area contributed by atoms with E-state index in [0.717, 1.165) is 4.90 Å². The van der Waals surface area contributed by atoms with Crippen molar-refractivity contribution in [3.63, 3.8) is 0 Å². The fourth-order valence-electron chi connectivity index (χ4n) is 2.60. The first-order valence-electron chi connectivity index (χ1n) is 7.99. The highest BCUT2D eigenvalue weighted by atomic mass is 32.2. The largest absolute Gasteiger partial charge is 0.378 e. The molecule has 2 heterocycles. The topological polar surface area (TPSA) is 88.6 Å². The van der Waals surface area contributed by atoms with Gasteiger partial charge in [-0.3, -0.25) is 14.5 Å². The number of carbonyl (C=O) groups is 1. The van der Waals surface area contributed by atoms with Crippen LogP contribution in [0.3, 0.4) is 0 Å². The number of ether oxygens (including phenoxy) is 1. The van der Waals surface area contributed by atoms with E-state index < -0.39 is 10.0 Å². The second kappa shape index (κ2) is 8.07. The minimum absolute atomic E-state index is 0.0377. The summed E-state index contributed by atoms with van der Waals surface area (Å²) >= 11 is 1.41. The standard InChI is InChI=1S/C17H19N3O4S2/c1-25-16-5-4-14(26(22,23)19-13-3-2-6-18-12-13)11-15(16)17(21)20-7-9-24-10-8-20/h2-6,11-12,19H,7-10H2,1H3. The fraction of sp³-hybridized carbons (Fsp3) is 0.294. The van der Waals surface area contributed by atoms with E-state index in [1.54, 1.807) is 29.3 Å². The lowest BCUT2D eigenvalue weighted by atomic mass is 10.2. The first-order valence-corrected chi connectivity index (χ1v) is 10.7. The SMILES string of the molecule is CSc1ccc(S(=O)(=O)Nc2cccnc2)cc1C(=O)N1CCOCC1. The van der Waals surface area contributed by atoms with E-state index in [-0.39, 0.29) is 10.8 Å². The number of nitrogens with one attached hydrogen (secondary N) is 1. The van der Waals surface area contributed by atoms with Crippen molar-refractivity contribution < 1.29 is 17.9 Å². The van der Waals surface area contributed by atoms with Crippen molar-refractivity contribution >= 4 is 33.4 Å². The van der Waals surface area contributed by atoms with Crippen LogP contribution in [-0.2, 0) is 14.8 Å². The number of anilines is 1. The number of thioether (sulfide) groups is 1. The molecule has 1 saturated heterocycles. The third-order valence-corrected chi connectivity index (χ3v) is 6.10. The van der Waals surface area contributed by atoms with Crippen LogP contribution in [0.5, 0.6) is 0 Å². The van der Waals surface area contributed by atoms with Gasteiger partial charge in [-0.05, 0) is 36.6 Å². The average molecular weight is 393 g/mol. The molecule has 1 aromatic heterocycles. The lowest BCUT2D eigenvalue weighted by molar-refractivity contribution is 0.0300. The number of morpholine rings is 1. The maximum absolute atomic E-state index is 12.8. The highest BCUT2D eigenvalue weighted by Gasteiger charge is 2.24. The molecular weight excluding hydrogens is 374 g/mol. The summed E-state index contributed by atoms with van der Waals surface area (Å²) < 4.78 is 33.1. The molecule has 0 unspecified atom stereocenters. The molecule has 0 radical (unpaired) electrons. The number of sulfonamides is 1. The van der Waals surface area contributed by atoms with E-state index in [2.05, 4.69) is 9.71 Å². The third kappa shape index (κ3) is 4.17. The highest BCUT2D eigenvalue weighted by molar-refractivity contribution is 7.98. The van der Waals surface area contributed by atoms with Crippen LogP contribution >= 0.6 is 11.8 Å². The molecule has 26 heavy (non-hydrogen) atoms. The van der Waals surface area contributed by atoms with E-state index in [9.17, 15) is 13.2 Å². The molecule has 7 nitrogen and oxygen atoms in total. The van der Waals surface area contributed by atoms with Crippen LogP contribution in [0.25, 0.3) is 0 Å². The Morgan fingerprint density at radius 2 is 2.04 bits per heavy atom. The molecule has 1 fully saturated rings. The summed E-state index contributed by atoms with van der Waals surface area (Å²) in [6.07, 6.45) is 4.84. The normalized spacial score (nSPS) is 14.9. The van der Waals surface area contributed by atoms with Gasteiger partial charge in [-0.25, -0.2) is 8.42 Å². The minimum Gasteiger partial charge on any atom is -0.378 e. The number of pyridine rings is 1. The Hall–Kier alpha value is -2.10. The van der Waals surface area contributed by atoms with Gasteiger partial charge in [-0.1, -0.05) is 0 Å². The van der Waals surface area contributed by atoms with Gasteiger partial charge in [0.2, 0.25) is 0 Å². The van der Waals surface area contributed by atoms with E-state index in [4.69, 9.17) is 4.74 Å². The monoisotopic (exact) mass is 393 g/mol. The molecule has 3 rings (SSSR count). The predicted molar refractivity (Wildman–Crippen MR) is 100.0 cm³/mol. The van der Waals surface area contributed by atoms with Crippen LogP contribution in [-0.4, -0.2) is 56.8 Å². The van der Waals surface area contributed by atoms with Gasteiger partial charge in [0.05, 0.1) is 35.6 Å². The molecule has 2 aromatic rings. The van der Waals surface area contributed by atoms with Crippen LogP contribution in [0, 0.1) is 0 Å². The minimum atomic E-state index is -3.82. The number of hydrogen-bond acceptors (Lipinski definition) is 6. The van der Waals surface area contributed by atoms with Gasteiger partial charge in [0.25, 0.3) is 15.9 Å². The fourth-order valence-corrected chi connectivity index (χ4v) is 4.23. The second-order valence-corrected chi connectivity index (χ2v) is 8.14. The van der Waals surface area contributed by atoms with Gasteiger partial charge in [-0.15, -0.1) is 11.8 Å². The average Bonchev–Trinajstić information content (AvgIpc) is 2.68. The van der Waals surface area contributed by atoms with E-state index in [1.807, 2.05) is 6.26 Å². The summed E-state index contributed by atoms with van der Waals surface area (Å²) in [6.45, 7) is 1.97. The summed E-state index contributed by atoms with van der Waals surface area (Å²) in [6, 6.07) is 7.85. The Labute approximate surface area is 156 Å². The molecule has 1 aliphatic heterocycles. The zero-order valence-electron chi connectivity index (χ0n) is 14.2. The zero-order valence-corrected chi connectivity index (χ0v) is 15.8. The van der Waals surface area contributed by atoms with Gasteiger partial charge < -0.3 is 9.64 Å². The number of rotatable bonds is 5. The maximum atomic E-state index is 12.8. The van der Waals surface area contributed by atoms with Crippen LogP contribution in [0.15, 0.2) is 52.5 Å². The second-order valence-electron chi connectivity index (χ2n) is 5.61. The smallest absolute Gasteiger partial charge is 0.261 e. The number of hydrogen-bond donors (Lipinski definition) is 1. The Balaban J connectivity index is 1.92. The van der Waals surface area contributed by atoms with Crippen molar-refractivity contribution in [2.24, 2.45) is 0 Å². The van der Waals surface area contributed by atoms with E-state index in [0.29, 0.717) is 37.6 Å². The summed E-state index contributed by atoms with van der Waals surface area (Å²) in [4.78, 5) is 19.2. The number of benzene rings is 1. The van der Waals surface area contributed by atoms with Crippen LogP contribution < -0.4 is 4.72 Å². The molecule has 0 saturated carbocycles. The Morgan fingerprint density at radius 1 is 1.27 bits per heavy atom. The Bertz CT molecular complexity index is 882. The molecule has 1 aliphatic rings. The predicted octanol–water partition coefficient (Wildman–Crippen LogP) is 2.08. The van der Waals surface area contributed by atoms with E-state index >= 15 is 0 Å². The molecule has 138 valence electrons.